The summed E-state index contributed by atoms with van der Waals surface area (Å²) in [7, 11) is 2.12. The second-order valence-corrected chi connectivity index (χ2v) is 5.75. The molecule has 1 saturated carbocycles. The van der Waals surface area contributed by atoms with Gasteiger partial charge in [-0.15, -0.1) is 0 Å². The Morgan fingerprint density at radius 2 is 1.95 bits per heavy atom. The fourth-order valence-corrected chi connectivity index (χ4v) is 3.82. The van der Waals surface area contributed by atoms with Crippen molar-refractivity contribution >= 4 is 11.7 Å². The van der Waals surface area contributed by atoms with Crippen molar-refractivity contribution in [2.45, 2.75) is 12.5 Å². The van der Waals surface area contributed by atoms with Gasteiger partial charge >= 0.3 is 0 Å². The van der Waals surface area contributed by atoms with Gasteiger partial charge in [0.2, 0.25) is 0 Å². The van der Waals surface area contributed by atoms with Crippen molar-refractivity contribution in [2.75, 3.05) is 13.7 Å². The molecule has 3 aliphatic rings. The average Bonchev–Trinajstić information content (AvgIpc) is 3.04. The van der Waals surface area contributed by atoms with Crippen molar-refractivity contribution < 1.29 is 4.74 Å². The van der Waals surface area contributed by atoms with E-state index in [0.29, 0.717) is 17.9 Å². The Morgan fingerprint density at radius 3 is 2.79 bits per heavy atom. The van der Waals surface area contributed by atoms with Crippen LogP contribution in [0.5, 0.6) is 0 Å². The van der Waals surface area contributed by atoms with Crippen LogP contribution < -0.4 is 0 Å². The molecule has 1 saturated heterocycles. The number of aliphatic imine (C=N–C) groups is 1. The molecule has 98 valence electrons. The first kappa shape index (κ1) is 11.1. The van der Waals surface area contributed by atoms with E-state index in [0.717, 1.165) is 24.2 Å². The Bertz CT molecular complexity index is 537. The van der Waals surface area contributed by atoms with E-state index in [4.69, 9.17) is 4.74 Å². The van der Waals surface area contributed by atoms with E-state index >= 15 is 0 Å². The standard InChI is InChI=1S/C16H18N2O/c1-18-15-12-8-7-11(9-12)14(15)10-19-16(18)17-13-5-3-2-4-6-13/h2-8,11-12,14-15H,9-10H2,1H3/t11-,12+,14-,15+/m0/s1. The maximum absolute atomic E-state index is 5.90. The van der Waals surface area contributed by atoms with Crippen molar-refractivity contribution in [3.05, 3.63) is 42.5 Å². The highest BCUT2D eigenvalue weighted by atomic mass is 16.5. The Kier molecular flexibility index (Phi) is 2.40. The van der Waals surface area contributed by atoms with Gasteiger partial charge in [0, 0.05) is 19.0 Å². The molecule has 2 aliphatic carbocycles. The summed E-state index contributed by atoms with van der Waals surface area (Å²) >= 11 is 0. The third-order valence-electron chi connectivity index (χ3n) is 4.71. The van der Waals surface area contributed by atoms with Crippen molar-refractivity contribution in [3.8, 4) is 0 Å². The van der Waals surface area contributed by atoms with Gasteiger partial charge in [-0.25, -0.2) is 0 Å². The van der Waals surface area contributed by atoms with Crippen LogP contribution in [0.1, 0.15) is 6.42 Å². The van der Waals surface area contributed by atoms with Gasteiger partial charge in [0.05, 0.1) is 12.3 Å². The molecule has 1 aliphatic heterocycles. The highest BCUT2D eigenvalue weighted by Gasteiger charge is 2.50. The molecule has 19 heavy (non-hydrogen) atoms. The van der Waals surface area contributed by atoms with Crippen LogP contribution in [0.3, 0.4) is 0 Å². The fourth-order valence-electron chi connectivity index (χ4n) is 3.82. The summed E-state index contributed by atoms with van der Waals surface area (Å²) in [5, 5.41) is 0. The van der Waals surface area contributed by atoms with Gasteiger partial charge in [-0.3, -0.25) is 0 Å². The van der Waals surface area contributed by atoms with Gasteiger partial charge in [-0.1, -0.05) is 30.4 Å². The van der Waals surface area contributed by atoms with Gasteiger partial charge in [0.1, 0.15) is 0 Å². The van der Waals surface area contributed by atoms with Crippen LogP contribution >= 0.6 is 0 Å². The Labute approximate surface area is 113 Å². The van der Waals surface area contributed by atoms with Gasteiger partial charge in [-0.2, -0.15) is 4.99 Å². The first-order chi connectivity index (χ1) is 9.33. The van der Waals surface area contributed by atoms with Crippen LogP contribution in [0.4, 0.5) is 5.69 Å². The van der Waals surface area contributed by atoms with E-state index in [1.165, 1.54) is 6.42 Å². The topological polar surface area (TPSA) is 24.8 Å². The zero-order valence-corrected chi connectivity index (χ0v) is 11.1. The smallest absolute Gasteiger partial charge is 0.292 e. The number of para-hydroxylation sites is 1. The molecular formula is C16H18N2O. The van der Waals surface area contributed by atoms with Gasteiger partial charge in [0.25, 0.3) is 6.02 Å². The second-order valence-electron chi connectivity index (χ2n) is 5.75. The maximum Gasteiger partial charge on any atom is 0.292 e. The normalized spacial score (nSPS) is 37.5. The number of nitrogens with zero attached hydrogens (tertiary/aromatic N) is 2. The van der Waals surface area contributed by atoms with Crippen molar-refractivity contribution in [1.29, 1.82) is 0 Å². The lowest BCUT2D eigenvalue weighted by molar-refractivity contribution is 0.0742. The molecule has 0 radical (unpaired) electrons. The minimum absolute atomic E-state index is 0.575. The number of benzene rings is 1. The zero-order chi connectivity index (χ0) is 12.8. The Hall–Kier alpha value is -1.77. The number of ether oxygens (including phenoxy) is 1. The molecule has 2 fully saturated rings. The summed E-state index contributed by atoms with van der Waals surface area (Å²) in [6.45, 7) is 0.812. The lowest BCUT2D eigenvalue weighted by Gasteiger charge is -2.41. The van der Waals surface area contributed by atoms with Crippen LogP contribution in [-0.2, 0) is 4.74 Å². The Balaban J connectivity index is 1.63. The first-order valence-corrected chi connectivity index (χ1v) is 7.00. The van der Waals surface area contributed by atoms with Crippen molar-refractivity contribution in [3.63, 3.8) is 0 Å². The maximum atomic E-state index is 5.90. The van der Waals surface area contributed by atoms with E-state index in [1.54, 1.807) is 0 Å². The molecule has 3 heteroatoms. The molecule has 4 atom stereocenters. The number of amidine groups is 1. The summed E-state index contributed by atoms with van der Waals surface area (Å²) in [6, 6.07) is 11.4. The number of hydrogen-bond donors (Lipinski definition) is 0. The monoisotopic (exact) mass is 254 g/mol. The molecule has 0 spiro atoms. The van der Waals surface area contributed by atoms with E-state index < -0.39 is 0 Å². The number of allylic oxidation sites excluding steroid dienone is 1. The number of hydrogen-bond acceptors (Lipinski definition) is 2. The highest BCUT2D eigenvalue weighted by Crippen LogP contribution is 2.47. The van der Waals surface area contributed by atoms with E-state index in [9.17, 15) is 0 Å². The SMILES string of the molecule is CN1C(=Nc2ccccc2)OC[C@@H]2[C@H]1[C@@H]1C=C[C@H]2C1. The summed E-state index contributed by atoms with van der Waals surface area (Å²) in [6.07, 6.45) is 6.05. The second kappa shape index (κ2) is 4.12. The number of rotatable bonds is 1. The zero-order valence-electron chi connectivity index (χ0n) is 11.1. The largest absolute Gasteiger partial charge is 0.464 e. The van der Waals surface area contributed by atoms with Crippen molar-refractivity contribution in [1.82, 2.24) is 4.90 Å². The summed E-state index contributed by atoms with van der Waals surface area (Å²) in [5.41, 5.74) is 0.960. The third-order valence-corrected chi connectivity index (χ3v) is 4.71. The van der Waals surface area contributed by atoms with Gasteiger partial charge in [0.15, 0.2) is 0 Å². The summed E-state index contributed by atoms with van der Waals surface area (Å²) in [4.78, 5) is 6.88. The molecular weight excluding hydrogens is 236 g/mol. The van der Waals surface area contributed by atoms with Crippen LogP contribution in [-0.4, -0.2) is 30.6 Å². The van der Waals surface area contributed by atoms with E-state index in [1.807, 2.05) is 30.3 Å². The van der Waals surface area contributed by atoms with Crippen LogP contribution in [0.25, 0.3) is 0 Å². The van der Waals surface area contributed by atoms with Crippen molar-refractivity contribution in [2.24, 2.45) is 22.7 Å². The molecule has 3 nitrogen and oxygen atoms in total. The molecule has 1 heterocycles. The average molecular weight is 254 g/mol. The Morgan fingerprint density at radius 1 is 1.16 bits per heavy atom. The molecule has 0 amide bonds. The summed E-state index contributed by atoms with van der Waals surface area (Å²) < 4.78 is 5.90. The molecule has 1 aromatic rings. The minimum atomic E-state index is 0.575. The van der Waals surface area contributed by atoms with Crippen LogP contribution in [0, 0.1) is 17.8 Å². The molecule has 0 N–H and O–H groups in total. The molecule has 1 aromatic carbocycles. The quantitative estimate of drug-likeness (QED) is 0.720. The molecule has 2 bridgehead atoms. The van der Waals surface area contributed by atoms with E-state index in [-0.39, 0.29) is 0 Å². The minimum Gasteiger partial charge on any atom is -0.464 e. The number of fused-ring (bicyclic) bond motifs is 5. The third kappa shape index (κ3) is 1.68. The molecule has 4 rings (SSSR count). The first-order valence-electron chi connectivity index (χ1n) is 7.00. The lowest BCUT2D eigenvalue weighted by Crippen LogP contribution is -2.51. The van der Waals surface area contributed by atoms with Gasteiger partial charge < -0.3 is 9.64 Å². The highest BCUT2D eigenvalue weighted by molar-refractivity contribution is 5.78. The molecule has 0 aromatic heterocycles. The predicted molar refractivity (Wildman–Crippen MR) is 75.3 cm³/mol. The van der Waals surface area contributed by atoms with Crippen LogP contribution in [0.15, 0.2) is 47.5 Å². The summed E-state index contributed by atoms with van der Waals surface area (Å²) in [5.74, 6) is 2.05. The predicted octanol–water partition coefficient (Wildman–Crippen LogP) is 2.83. The van der Waals surface area contributed by atoms with E-state index in [2.05, 4.69) is 29.1 Å². The van der Waals surface area contributed by atoms with Crippen LogP contribution in [0.2, 0.25) is 0 Å². The van der Waals surface area contributed by atoms with Gasteiger partial charge in [-0.05, 0) is 30.4 Å². The molecule has 0 unspecified atom stereocenters. The fraction of sp³-hybridized carbons (Fsp3) is 0.438. The lowest BCUT2D eigenvalue weighted by atomic mass is 9.88.